The first kappa shape index (κ1) is 14.3. The van der Waals surface area contributed by atoms with E-state index in [1.54, 1.807) is 0 Å². The highest BCUT2D eigenvalue weighted by Crippen LogP contribution is 2.53. The van der Waals surface area contributed by atoms with Crippen LogP contribution in [0.2, 0.25) is 0 Å². The van der Waals surface area contributed by atoms with E-state index in [1.165, 1.54) is 11.1 Å². The topological polar surface area (TPSA) is 29.5 Å². The van der Waals surface area contributed by atoms with E-state index in [9.17, 15) is 4.79 Å². The average Bonchev–Trinajstić information content (AvgIpc) is 2.76. The van der Waals surface area contributed by atoms with E-state index in [-0.39, 0.29) is 6.09 Å². The number of carbonyl (C=O) groups is 1. The number of ether oxygens (including phenoxy) is 1. The fraction of sp³-hybridized carbons (Fsp3) is 0.350. The second-order valence-electron chi connectivity index (χ2n) is 6.90. The van der Waals surface area contributed by atoms with Crippen LogP contribution in [0.4, 0.5) is 4.79 Å². The first-order valence-electron chi connectivity index (χ1n) is 8.17. The molecular weight excluding hydrogens is 286 g/mol. The minimum Gasteiger partial charge on any atom is -0.440 e. The maximum absolute atomic E-state index is 12.7. The van der Waals surface area contributed by atoms with Gasteiger partial charge in [0.2, 0.25) is 0 Å². The second-order valence-corrected chi connectivity index (χ2v) is 6.90. The molecule has 2 aromatic rings. The number of benzene rings is 2. The van der Waals surface area contributed by atoms with Crippen molar-refractivity contribution >= 4 is 6.09 Å². The van der Waals surface area contributed by atoms with Gasteiger partial charge in [0, 0.05) is 0 Å². The van der Waals surface area contributed by atoms with E-state index in [0.29, 0.717) is 6.54 Å². The normalized spacial score (nSPS) is 29.0. The summed E-state index contributed by atoms with van der Waals surface area (Å²) in [6, 6.07) is 18.6. The van der Waals surface area contributed by atoms with Gasteiger partial charge in [0.25, 0.3) is 0 Å². The van der Waals surface area contributed by atoms with Gasteiger partial charge in [0.15, 0.2) is 0 Å². The molecule has 1 aliphatic heterocycles. The molecule has 1 saturated heterocycles. The molecule has 3 nitrogen and oxygen atoms in total. The lowest BCUT2D eigenvalue weighted by Gasteiger charge is -2.46. The van der Waals surface area contributed by atoms with E-state index in [1.807, 2.05) is 23.1 Å². The molecule has 0 saturated carbocycles. The van der Waals surface area contributed by atoms with Crippen LogP contribution in [0.15, 0.2) is 54.6 Å². The third kappa shape index (κ3) is 1.92. The summed E-state index contributed by atoms with van der Waals surface area (Å²) < 4.78 is 5.88. The van der Waals surface area contributed by atoms with Crippen LogP contribution in [-0.4, -0.2) is 16.6 Å². The van der Waals surface area contributed by atoms with Crippen molar-refractivity contribution in [3.8, 4) is 0 Å². The second kappa shape index (κ2) is 4.85. The smallest absolute Gasteiger partial charge is 0.411 e. The predicted molar refractivity (Wildman–Crippen MR) is 89.0 cm³/mol. The summed E-state index contributed by atoms with van der Waals surface area (Å²) in [5.41, 5.74) is 2.75. The lowest BCUT2D eigenvalue weighted by molar-refractivity contribution is -0.0108. The van der Waals surface area contributed by atoms with Crippen molar-refractivity contribution in [2.75, 3.05) is 0 Å². The Morgan fingerprint density at radius 2 is 1.74 bits per heavy atom. The SMILES string of the molecule is C[C@]12CCc3ccccc3[C@]1(C)N(Cc1ccccc1)C(=O)O2. The number of hydrogen-bond donors (Lipinski definition) is 0. The Bertz CT molecular complexity index is 757. The highest BCUT2D eigenvalue weighted by atomic mass is 16.6. The van der Waals surface area contributed by atoms with Crippen LogP contribution < -0.4 is 0 Å². The summed E-state index contributed by atoms with van der Waals surface area (Å²) in [4.78, 5) is 14.6. The summed E-state index contributed by atoms with van der Waals surface area (Å²) in [5, 5.41) is 0. The lowest BCUT2D eigenvalue weighted by Crippen LogP contribution is -2.54. The molecule has 2 aliphatic rings. The summed E-state index contributed by atoms with van der Waals surface area (Å²) >= 11 is 0. The number of carbonyl (C=O) groups excluding carboxylic acids is 1. The van der Waals surface area contributed by atoms with Gasteiger partial charge in [-0.2, -0.15) is 0 Å². The predicted octanol–water partition coefficient (Wildman–Crippen LogP) is 4.26. The maximum Gasteiger partial charge on any atom is 0.411 e. The van der Waals surface area contributed by atoms with Crippen LogP contribution in [0.25, 0.3) is 0 Å². The van der Waals surface area contributed by atoms with Crippen LogP contribution in [0, 0.1) is 0 Å². The van der Waals surface area contributed by atoms with Gasteiger partial charge in [-0.1, -0.05) is 54.6 Å². The molecule has 2 atom stereocenters. The standard InChI is InChI=1S/C20H21NO2/c1-19-13-12-16-10-6-7-11-17(16)20(19,2)21(18(22)23-19)14-15-8-4-3-5-9-15/h3-11H,12-14H2,1-2H3/t19-,20-/m0/s1. The minimum atomic E-state index is -0.479. The molecule has 0 aromatic heterocycles. The summed E-state index contributed by atoms with van der Waals surface area (Å²) in [6.45, 7) is 4.80. The number of fused-ring (bicyclic) bond motifs is 3. The zero-order valence-electron chi connectivity index (χ0n) is 13.6. The molecule has 1 aliphatic carbocycles. The zero-order valence-corrected chi connectivity index (χ0v) is 13.6. The highest BCUT2D eigenvalue weighted by Gasteiger charge is 2.62. The van der Waals surface area contributed by atoms with Gasteiger partial charge in [-0.05, 0) is 43.4 Å². The fourth-order valence-electron chi connectivity index (χ4n) is 4.12. The van der Waals surface area contributed by atoms with Crippen LogP contribution in [-0.2, 0) is 23.2 Å². The van der Waals surface area contributed by atoms with Crippen molar-refractivity contribution in [2.24, 2.45) is 0 Å². The Morgan fingerprint density at radius 1 is 1.04 bits per heavy atom. The van der Waals surface area contributed by atoms with Gasteiger partial charge >= 0.3 is 6.09 Å². The molecule has 4 rings (SSSR count). The van der Waals surface area contributed by atoms with Gasteiger partial charge < -0.3 is 4.74 Å². The molecule has 0 N–H and O–H groups in total. The zero-order chi connectivity index (χ0) is 16.1. The molecule has 1 amide bonds. The van der Waals surface area contributed by atoms with Gasteiger partial charge in [-0.25, -0.2) is 4.79 Å². The van der Waals surface area contributed by atoms with Gasteiger partial charge in [-0.15, -0.1) is 0 Å². The largest absolute Gasteiger partial charge is 0.440 e. The molecule has 3 heteroatoms. The molecule has 0 spiro atoms. The molecule has 0 unspecified atom stereocenters. The number of amides is 1. The Balaban J connectivity index is 1.83. The van der Waals surface area contributed by atoms with E-state index in [2.05, 4.69) is 50.2 Å². The number of nitrogens with zero attached hydrogens (tertiary/aromatic N) is 1. The summed E-state index contributed by atoms with van der Waals surface area (Å²) in [6.07, 6.45) is 1.60. The fourth-order valence-corrected chi connectivity index (χ4v) is 4.12. The third-order valence-electron chi connectivity index (χ3n) is 5.70. The molecule has 1 fully saturated rings. The molecular formula is C20H21NO2. The minimum absolute atomic E-state index is 0.212. The first-order chi connectivity index (χ1) is 11.0. The molecule has 1 heterocycles. The third-order valence-corrected chi connectivity index (χ3v) is 5.70. The molecule has 0 radical (unpaired) electrons. The molecule has 0 bridgehead atoms. The molecule has 23 heavy (non-hydrogen) atoms. The van der Waals surface area contributed by atoms with E-state index in [4.69, 9.17) is 4.74 Å². The molecule has 2 aromatic carbocycles. The lowest BCUT2D eigenvalue weighted by atomic mass is 9.67. The first-order valence-corrected chi connectivity index (χ1v) is 8.17. The van der Waals surface area contributed by atoms with E-state index in [0.717, 1.165) is 18.4 Å². The Hall–Kier alpha value is -2.29. The van der Waals surface area contributed by atoms with Crippen LogP contribution in [0.3, 0.4) is 0 Å². The number of rotatable bonds is 2. The van der Waals surface area contributed by atoms with Crippen LogP contribution in [0.5, 0.6) is 0 Å². The van der Waals surface area contributed by atoms with Gasteiger partial charge in [-0.3, -0.25) is 4.90 Å². The van der Waals surface area contributed by atoms with Crippen molar-refractivity contribution in [2.45, 2.75) is 44.4 Å². The Morgan fingerprint density at radius 3 is 2.52 bits per heavy atom. The average molecular weight is 307 g/mol. The molecule has 118 valence electrons. The van der Waals surface area contributed by atoms with Crippen LogP contribution >= 0.6 is 0 Å². The summed E-state index contributed by atoms with van der Waals surface area (Å²) in [5.74, 6) is 0. The van der Waals surface area contributed by atoms with Crippen molar-refractivity contribution in [1.82, 2.24) is 4.90 Å². The maximum atomic E-state index is 12.7. The number of aryl methyl sites for hydroxylation is 1. The van der Waals surface area contributed by atoms with Crippen LogP contribution in [0.1, 0.15) is 37.0 Å². The van der Waals surface area contributed by atoms with E-state index >= 15 is 0 Å². The highest BCUT2D eigenvalue weighted by molar-refractivity contribution is 5.74. The van der Waals surface area contributed by atoms with Gasteiger partial charge in [0.05, 0.1) is 6.54 Å². The van der Waals surface area contributed by atoms with Gasteiger partial charge in [0.1, 0.15) is 11.1 Å². The quantitative estimate of drug-likeness (QED) is 0.829. The van der Waals surface area contributed by atoms with Crippen molar-refractivity contribution in [3.63, 3.8) is 0 Å². The Labute approximate surface area is 136 Å². The monoisotopic (exact) mass is 307 g/mol. The number of hydrogen-bond acceptors (Lipinski definition) is 2. The van der Waals surface area contributed by atoms with Crippen molar-refractivity contribution in [3.05, 3.63) is 71.3 Å². The summed E-state index contributed by atoms with van der Waals surface area (Å²) in [7, 11) is 0. The van der Waals surface area contributed by atoms with Crippen molar-refractivity contribution in [1.29, 1.82) is 0 Å². The Kier molecular flexibility index (Phi) is 3.02. The van der Waals surface area contributed by atoms with E-state index < -0.39 is 11.1 Å². The van der Waals surface area contributed by atoms with Crippen molar-refractivity contribution < 1.29 is 9.53 Å².